The highest BCUT2D eigenvalue weighted by molar-refractivity contribution is 5.94. The maximum Gasteiger partial charge on any atom is 0.435 e. The van der Waals surface area contributed by atoms with E-state index in [4.69, 9.17) is 5.73 Å². The molecule has 4 aromatic rings. The van der Waals surface area contributed by atoms with E-state index in [-0.39, 0.29) is 29.8 Å². The average molecular weight is 605 g/mol. The number of primary amides is 1. The maximum absolute atomic E-state index is 14.2. The smallest absolute Gasteiger partial charge is 0.366 e. The molecular weight excluding hydrogens is 578 g/mol. The zero-order valence-electron chi connectivity index (χ0n) is 22.7. The number of nitrogens with one attached hydrogen (secondary N) is 2. The van der Waals surface area contributed by atoms with Gasteiger partial charge in [-0.3, -0.25) is 19.3 Å². The van der Waals surface area contributed by atoms with E-state index in [1.807, 2.05) is 0 Å². The predicted octanol–water partition coefficient (Wildman–Crippen LogP) is 4.69. The largest absolute Gasteiger partial charge is 0.435 e. The Morgan fingerprint density at radius 3 is 2.42 bits per heavy atom. The number of nitrogens with two attached hydrogens (primary N) is 1. The molecule has 0 bridgehead atoms. The van der Waals surface area contributed by atoms with E-state index in [0.29, 0.717) is 23.7 Å². The first-order valence-electron chi connectivity index (χ1n) is 13.0. The van der Waals surface area contributed by atoms with Gasteiger partial charge in [0.15, 0.2) is 5.69 Å². The molecule has 4 N–H and O–H groups in total. The van der Waals surface area contributed by atoms with Gasteiger partial charge in [0, 0.05) is 36.1 Å². The molecule has 0 unspecified atom stereocenters. The van der Waals surface area contributed by atoms with E-state index in [9.17, 15) is 35.9 Å². The van der Waals surface area contributed by atoms with Gasteiger partial charge in [0.05, 0.1) is 17.3 Å². The van der Waals surface area contributed by atoms with Crippen LogP contribution in [0.3, 0.4) is 0 Å². The third-order valence-electron chi connectivity index (χ3n) is 6.39. The second kappa shape index (κ2) is 13.1. The molecule has 1 atom stereocenters. The molecule has 0 aliphatic carbocycles. The van der Waals surface area contributed by atoms with Gasteiger partial charge in [0.25, 0.3) is 5.91 Å². The first-order valence-corrected chi connectivity index (χ1v) is 13.0. The van der Waals surface area contributed by atoms with Crippen molar-refractivity contribution in [3.8, 4) is 11.1 Å². The van der Waals surface area contributed by atoms with Crippen LogP contribution in [0.4, 0.5) is 26.3 Å². The van der Waals surface area contributed by atoms with Gasteiger partial charge in [-0.25, -0.2) is 13.2 Å². The highest BCUT2D eigenvalue weighted by Gasteiger charge is 2.37. The van der Waals surface area contributed by atoms with Crippen molar-refractivity contribution in [2.75, 3.05) is 6.54 Å². The van der Waals surface area contributed by atoms with Crippen LogP contribution in [0.25, 0.3) is 11.1 Å². The number of nitrogens with zero attached hydrogens (tertiary/aromatic N) is 3. The van der Waals surface area contributed by atoms with Crippen molar-refractivity contribution in [1.29, 1.82) is 0 Å². The lowest BCUT2D eigenvalue weighted by molar-refractivity contribution is -0.142. The summed E-state index contributed by atoms with van der Waals surface area (Å²) in [5.41, 5.74) is 4.56. The number of halogens is 6. The molecule has 0 saturated carbocycles. The van der Waals surface area contributed by atoms with Crippen LogP contribution < -0.4 is 16.4 Å². The van der Waals surface area contributed by atoms with Gasteiger partial charge >= 0.3 is 6.18 Å². The van der Waals surface area contributed by atoms with E-state index in [1.54, 1.807) is 19.1 Å². The Morgan fingerprint density at radius 2 is 1.77 bits per heavy atom. The zero-order chi connectivity index (χ0) is 31.3. The topological polar surface area (TPSA) is 115 Å². The van der Waals surface area contributed by atoms with Crippen LogP contribution in [0.1, 0.15) is 45.8 Å². The van der Waals surface area contributed by atoms with E-state index in [0.717, 1.165) is 29.1 Å². The molecular formula is C29H26F6N6O2. The summed E-state index contributed by atoms with van der Waals surface area (Å²) in [4.78, 5) is 29.3. The molecule has 0 spiro atoms. The molecule has 0 fully saturated rings. The standard InChI is InChI=1S/C29H26F6N6O2/c1-2-37-13-18-14-41(40-27(18)29(33,34)35)15-25(42)39-24(10-16-8-19(30)12-20(31)9-16)26-21(4-3-7-38-26)17-5-6-23(32)22(11-17)28(36)43/h3-9,11-12,14,24,37H,2,10,13,15H2,1H3,(H2,36,43)(H,39,42)/t24-/m0/s1. The highest BCUT2D eigenvalue weighted by atomic mass is 19.4. The minimum atomic E-state index is -4.75. The lowest BCUT2D eigenvalue weighted by Crippen LogP contribution is -2.34. The van der Waals surface area contributed by atoms with Crippen molar-refractivity contribution in [2.24, 2.45) is 5.73 Å². The van der Waals surface area contributed by atoms with Crippen molar-refractivity contribution in [2.45, 2.75) is 38.7 Å². The Bertz CT molecular complexity index is 1620. The van der Waals surface area contributed by atoms with E-state index < -0.39 is 59.3 Å². The Balaban J connectivity index is 1.71. The number of benzene rings is 2. The fraction of sp³-hybridized carbons (Fsp3) is 0.241. The molecule has 4 rings (SSSR count). The summed E-state index contributed by atoms with van der Waals surface area (Å²) in [6.45, 7) is 1.39. The lowest BCUT2D eigenvalue weighted by atomic mass is 9.94. The Labute approximate surface area is 241 Å². The summed E-state index contributed by atoms with van der Waals surface area (Å²) < 4.78 is 83.7. The normalized spacial score (nSPS) is 12.3. The molecule has 0 aliphatic heterocycles. The molecule has 0 radical (unpaired) electrons. The van der Waals surface area contributed by atoms with Crippen molar-refractivity contribution in [3.05, 3.63) is 106 Å². The second-order valence-corrected chi connectivity index (χ2v) is 9.58. The van der Waals surface area contributed by atoms with Gasteiger partial charge in [0.2, 0.25) is 5.91 Å². The second-order valence-electron chi connectivity index (χ2n) is 9.58. The van der Waals surface area contributed by atoms with Crippen molar-refractivity contribution < 1.29 is 35.9 Å². The third-order valence-corrected chi connectivity index (χ3v) is 6.39. The average Bonchev–Trinajstić information content (AvgIpc) is 3.34. The molecule has 14 heteroatoms. The van der Waals surface area contributed by atoms with Crippen LogP contribution in [-0.2, 0) is 30.5 Å². The number of alkyl halides is 3. The Kier molecular flexibility index (Phi) is 9.49. The fourth-order valence-electron chi connectivity index (χ4n) is 4.56. The number of carbonyl (C=O) groups excluding carboxylic acids is 2. The number of aromatic nitrogens is 3. The van der Waals surface area contributed by atoms with E-state index in [1.165, 1.54) is 18.3 Å². The lowest BCUT2D eigenvalue weighted by Gasteiger charge is -2.22. The summed E-state index contributed by atoms with van der Waals surface area (Å²) in [6, 6.07) is 8.42. The molecule has 2 aromatic heterocycles. The number of pyridine rings is 1. The summed E-state index contributed by atoms with van der Waals surface area (Å²) in [7, 11) is 0. The monoisotopic (exact) mass is 604 g/mol. The summed E-state index contributed by atoms with van der Waals surface area (Å²) in [6.07, 6.45) is -2.44. The number of hydrogen-bond acceptors (Lipinski definition) is 5. The first-order chi connectivity index (χ1) is 20.3. The Hall–Kier alpha value is -4.72. The SMILES string of the molecule is CCNCc1cn(CC(=O)N[C@@H](Cc2cc(F)cc(F)c2)c2ncccc2-c2ccc(F)c(C(N)=O)c2)nc1C(F)(F)F. The number of rotatable bonds is 11. The van der Waals surface area contributed by atoms with Gasteiger partial charge in [-0.15, -0.1) is 0 Å². The number of hydrogen-bond donors (Lipinski definition) is 3. The van der Waals surface area contributed by atoms with Gasteiger partial charge in [-0.1, -0.05) is 19.1 Å². The van der Waals surface area contributed by atoms with Gasteiger partial charge < -0.3 is 16.4 Å². The molecule has 8 nitrogen and oxygen atoms in total. The molecule has 43 heavy (non-hydrogen) atoms. The highest BCUT2D eigenvalue weighted by Crippen LogP contribution is 2.32. The van der Waals surface area contributed by atoms with Crippen LogP contribution >= 0.6 is 0 Å². The van der Waals surface area contributed by atoms with Crippen LogP contribution in [0, 0.1) is 17.5 Å². The van der Waals surface area contributed by atoms with Crippen molar-refractivity contribution >= 4 is 11.8 Å². The molecule has 0 aliphatic rings. The predicted molar refractivity (Wildman–Crippen MR) is 144 cm³/mol. The quantitative estimate of drug-likeness (QED) is 0.215. The first kappa shape index (κ1) is 31.2. The van der Waals surface area contributed by atoms with Crippen molar-refractivity contribution in [1.82, 2.24) is 25.4 Å². The summed E-state index contributed by atoms with van der Waals surface area (Å²) in [5, 5.41) is 9.02. The molecule has 2 heterocycles. The van der Waals surface area contributed by atoms with Crippen LogP contribution in [0.15, 0.2) is 60.9 Å². The number of amides is 2. The maximum atomic E-state index is 14.2. The molecule has 0 saturated heterocycles. The van der Waals surface area contributed by atoms with Crippen molar-refractivity contribution in [3.63, 3.8) is 0 Å². The Morgan fingerprint density at radius 1 is 1.05 bits per heavy atom. The van der Waals surface area contributed by atoms with Gasteiger partial charge in [-0.2, -0.15) is 18.3 Å². The van der Waals surface area contributed by atoms with Gasteiger partial charge in [-0.05, 0) is 54.4 Å². The third kappa shape index (κ3) is 7.77. The van der Waals surface area contributed by atoms with Crippen LogP contribution in [0.2, 0.25) is 0 Å². The summed E-state index contributed by atoms with van der Waals surface area (Å²) in [5.74, 6) is -4.38. The summed E-state index contributed by atoms with van der Waals surface area (Å²) >= 11 is 0. The number of carbonyl (C=O) groups is 2. The molecule has 226 valence electrons. The minimum absolute atomic E-state index is 0.122. The van der Waals surface area contributed by atoms with Crippen LogP contribution in [0.5, 0.6) is 0 Å². The molecule has 2 amide bonds. The van der Waals surface area contributed by atoms with E-state index >= 15 is 0 Å². The molecule has 2 aromatic carbocycles. The fourth-order valence-corrected chi connectivity index (χ4v) is 4.56. The van der Waals surface area contributed by atoms with E-state index in [2.05, 4.69) is 20.7 Å². The zero-order valence-corrected chi connectivity index (χ0v) is 22.7. The van der Waals surface area contributed by atoms with Gasteiger partial charge in [0.1, 0.15) is 24.0 Å². The van der Waals surface area contributed by atoms with Crippen LogP contribution in [-0.4, -0.2) is 33.1 Å². The minimum Gasteiger partial charge on any atom is -0.366 e.